The number of hydrogen-bond donors (Lipinski definition) is 1. The van der Waals surface area contributed by atoms with Crippen molar-refractivity contribution in [2.24, 2.45) is 5.84 Å². The number of nitrogens with zero attached hydrogens (tertiary/aromatic N) is 1. The molecule has 4 nitrogen and oxygen atoms in total. The minimum absolute atomic E-state index is 0.158. The Morgan fingerprint density at radius 1 is 1.53 bits per heavy atom. The standard InChI is InChI=1S/C9H10Cl2N2O2/c1-13(12)9(14)5-15-8-3-2-6(10)4-7(8)11/h2-4H,5,12H2,1H3. The Hall–Kier alpha value is -0.970. The lowest BCUT2D eigenvalue weighted by atomic mass is 10.3. The van der Waals surface area contributed by atoms with Crippen molar-refractivity contribution in [2.45, 2.75) is 0 Å². The molecule has 15 heavy (non-hydrogen) atoms. The zero-order valence-electron chi connectivity index (χ0n) is 8.04. The molecule has 1 aromatic rings. The van der Waals surface area contributed by atoms with Gasteiger partial charge in [0.05, 0.1) is 5.02 Å². The zero-order chi connectivity index (χ0) is 11.4. The minimum Gasteiger partial charge on any atom is -0.482 e. The molecule has 0 saturated carbocycles. The first-order valence-corrected chi connectivity index (χ1v) is 4.85. The highest BCUT2D eigenvalue weighted by Crippen LogP contribution is 2.27. The van der Waals surface area contributed by atoms with Gasteiger partial charge in [-0.05, 0) is 18.2 Å². The molecule has 0 aliphatic rings. The Morgan fingerprint density at radius 3 is 2.73 bits per heavy atom. The van der Waals surface area contributed by atoms with Gasteiger partial charge in [-0.2, -0.15) is 0 Å². The lowest BCUT2D eigenvalue weighted by molar-refractivity contribution is -0.132. The van der Waals surface area contributed by atoms with Crippen molar-refractivity contribution in [3.8, 4) is 5.75 Å². The lowest BCUT2D eigenvalue weighted by Gasteiger charge is -2.11. The molecule has 2 N–H and O–H groups in total. The first-order valence-electron chi connectivity index (χ1n) is 4.10. The van der Waals surface area contributed by atoms with Crippen molar-refractivity contribution in [3.63, 3.8) is 0 Å². The first-order chi connectivity index (χ1) is 7.00. The van der Waals surface area contributed by atoms with Gasteiger partial charge in [-0.1, -0.05) is 23.2 Å². The highest BCUT2D eigenvalue weighted by atomic mass is 35.5. The van der Waals surface area contributed by atoms with E-state index < -0.39 is 0 Å². The summed E-state index contributed by atoms with van der Waals surface area (Å²) in [5, 5.41) is 1.81. The van der Waals surface area contributed by atoms with Gasteiger partial charge < -0.3 is 4.74 Å². The van der Waals surface area contributed by atoms with Gasteiger partial charge in [-0.25, -0.2) is 5.84 Å². The van der Waals surface area contributed by atoms with E-state index in [2.05, 4.69) is 0 Å². The van der Waals surface area contributed by atoms with Gasteiger partial charge in [0.25, 0.3) is 5.91 Å². The average Bonchev–Trinajstić information content (AvgIpc) is 2.15. The highest BCUT2D eigenvalue weighted by Gasteiger charge is 2.07. The van der Waals surface area contributed by atoms with Gasteiger partial charge in [-0.3, -0.25) is 9.80 Å². The van der Waals surface area contributed by atoms with E-state index >= 15 is 0 Å². The Balaban J connectivity index is 2.62. The van der Waals surface area contributed by atoms with Crippen LogP contribution in [0.15, 0.2) is 18.2 Å². The number of benzene rings is 1. The van der Waals surface area contributed by atoms with Crippen molar-refractivity contribution >= 4 is 29.1 Å². The molecule has 0 spiro atoms. The first kappa shape index (κ1) is 12.1. The average molecular weight is 249 g/mol. The van der Waals surface area contributed by atoms with E-state index in [1.165, 1.54) is 13.1 Å². The smallest absolute Gasteiger partial charge is 0.274 e. The summed E-state index contributed by atoms with van der Waals surface area (Å²) in [4.78, 5) is 11.1. The van der Waals surface area contributed by atoms with E-state index in [-0.39, 0.29) is 12.5 Å². The molecule has 0 bridgehead atoms. The maximum absolute atomic E-state index is 11.1. The van der Waals surface area contributed by atoms with E-state index in [0.29, 0.717) is 15.8 Å². The normalized spacial score (nSPS) is 9.87. The summed E-state index contributed by atoms with van der Waals surface area (Å²) in [7, 11) is 1.44. The fraction of sp³-hybridized carbons (Fsp3) is 0.222. The van der Waals surface area contributed by atoms with Gasteiger partial charge in [0, 0.05) is 12.1 Å². The van der Waals surface area contributed by atoms with Crippen LogP contribution < -0.4 is 10.6 Å². The van der Waals surface area contributed by atoms with Crippen LogP contribution in [-0.4, -0.2) is 24.6 Å². The van der Waals surface area contributed by atoms with Crippen LogP contribution in [-0.2, 0) is 4.79 Å². The van der Waals surface area contributed by atoms with Crippen LogP contribution in [0, 0.1) is 0 Å². The van der Waals surface area contributed by atoms with Gasteiger partial charge in [-0.15, -0.1) is 0 Å². The van der Waals surface area contributed by atoms with E-state index in [4.69, 9.17) is 33.8 Å². The van der Waals surface area contributed by atoms with Crippen LogP contribution in [0.5, 0.6) is 5.75 Å². The molecule has 0 radical (unpaired) electrons. The summed E-state index contributed by atoms with van der Waals surface area (Å²) in [6.45, 7) is -0.158. The topological polar surface area (TPSA) is 55.6 Å². The van der Waals surface area contributed by atoms with Crippen LogP contribution in [0.3, 0.4) is 0 Å². The van der Waals surface area contributed by atoms with Crippen molar-refractivity contribution < 1.29 is 9.53 Å². The van der Waals surface area contributed by atoms with Crippen molar-refractivity contribution in [1.29, 1.82) is 0 Å². The molecule has 1 amide bonds. The molecular weight excluding hydrogens is 239 g/mol. The second-order valence-corrected chi connectivity index (χ2v) is 3.71. The summed E-state index contributed by atoms with van der Waals surface area (Å²) in [5.74, 6) is 5.26. The molecule has 6 heteroatoms. The second-order valence-electron chi connectivity index (χ2n) is 2.87. The number of ether oxygens (including phenoxy) is 1. The lowest BCUT2D eigenvalue weighted by Crippen LogP contribution is -2.36. The fourth-order valence-corrected chi connectivity index (χ4v) is 1.30. The predicted molar refractivity (Wildman–Crippen MR) is 58.9 cm³/mol. The SMILES string of the molecule is CN(N)C(=O)COc1ccc(Cl)cc1Cl. The van der Waals surface area contributed by atoms with E-state index in [1.54, 1.807) is 12.1 Å². The Bertz CT molecular complexity index is 369. The quantitative estimate of drug-likeness (QED) is 0.504. The molecule has 0 aromatic heterocycles. The van der Waals surface area contributed by atoms with Crippen molar-refractivity contribution in [2.75, 3.05) is 13.7 Å². The third-order valence-electron chi connectivity index (χ3n) is 1.64. The largest absolute Gasteiger partial charge is 0.482 e. The second kappa shape index (κ2) is 5.21. The number of carbonyl (C=O) groups excluding carboxylic acids is 1. The highest BCUT2D eigenvalue weighted by molar-refractivity contribution is 6.35. The molecule has 0 unspecified atom stereocenters. The number of hydrazine groups is 1. The predicted octanol–water partition coefficient (Wildman–Crippen LogP) is 1.70. The molecule has 0 heterocycles. The molecule has 0 aliphatic carbocycles. The summed E-state index contributed by atoms with van der Waals surface area (Å²) in [6.07, 6.45) is 0. The summed E-state index contributed by atoms with van der Waals surface area (Å²) >= 11 is 11.5. The molecule has 0 saturated heterocycles. The molecule has 0 atom stereocenters. The summed E-state index contributed by atoms with van der Waals surface area (Å²) in [5.41, 5.74) is 0. The number of carbonyl (C=O) groups is 1. The Labute approximate surface area is 97.5 Å². The van der Waals surface area contributed by atoms with E-state index in [1.807, 2.05) is 0 Å². The van der Waals surface area contributed by atoms with Crippen LogP contribution in [0.4, 0.5) is 0 Å². The molecule has 82 valence electrons. The van der Waals surface area contributed by atoms with Crippen molar-refractivity contribution in [1.82, 2.24) is 5.01 Å². The maximum Gasteiger partial charge on any atom is 0.274 e. The molecule has 0 aliphatic heterocycles. The van der Waals surface area contributed by atoms with E-state index in [9.17, 15) is 4.79 Å². The summed E-state index contributed by atoms with van der Waals surface area (Å²) < 4.78 is 5.15. The zero-order valence-corrected chi connectivity index (χ0v) is 9.55. The molecule has 1 aromatic carbocycles. The maximum atomic E-state index is 11.1. The number of amides is 1. The Morgan fingerprint density at radius 2 is 2.20 bits per heavy atom. The van der Waals surface area contributed by atoms with E-state index in [0.717, 1.165) is 5.01 Å². The van der Waals surface area contributed by atoms with Crippen LogP contribution in [0.1, 0.15) is 0 Å². The van der Waals surface area contributed by atoms with Crippen LogP contribution >= 0.6 is 23.2 Å². The monoisotopic (exact) mass is 248 g/mol. The number of nitrogens with two attached hydrogens (primary N) is 1. The third kappa shape index (κ3) is 3.58. The van der Waals surface area contributed by atoms with Crippen LogP contribution in [0.25, 0.3) is 0 Å². The van der Waals surface area contributed by atoms with Gasteiger partial charge >= 0.3 is 0 Å². The third-order valence-corrected chi connectivity index (χ3v) is 2.17. The number of rotatable bonds is 3. The van der Waals surface area contributed by atoms with Crippen LogP contribution in [0.2, 0.25) is 10.0 Å². The molecule has 0 fully saturated rings. The van der Waals surface area contributed by atoms with Crippen molar-refractivity contribution in [3.05, 3.63) is 28.2 Å². The number of halogens is 2. The molecular formula is C9H10Cl2N2O2. The van der Waals surface area contributed by atoms with Gasteiger partial charge in [0.1, 0.15) is 5.75 Å². The Kier molecular flexibility index (Phi) is 4.20. The fourth-order valence-electron chi connectivity index (χ4n) is 0.834. The van der Waals surface area contributed by atoms with Gasteiger partial charge in [0.2, 0.25) is 0 Å². The number of hydrogen-bond acceptors (Lipinski definition) is 3. The van der Waals surface area contributed by atoms with Gasteiger partial charge in [0.15, 0.2) is 6.61 Å². The number of likely N-dealkylation sites (N-methyl/N-ethyl adjacent to an activating group) is 1. The summed E-state index contributed by atoms with van der Waals surface area (Å²) in [6, 6.07) is 4.75. The molecule has 1 rings (SSSR count). The minimum atomic E-state index is -0.346.